The summed E-state index contributed by atoms with van der Waals surface area (Å²) in [5, 5.41) is 0. The summed E-state index contributed by atoms with van der Waals surface area (Å²) in [6.45, 7) is 8.33. The Kier molecular flexibility index (Phi) is 6.51. The third-order valence-corrected chi connectivity index (χ3v) is 4.11. The van der Waals surface area contributed by atoms with Crippen LogP contribution in [0.15, 0.2) is 0 Å². The molecule has 0 radical (unpaired) electrons. The lowest BCUT2D eigenvalue weighted by atomic mass is 9.96. The van der Waals surface area contributed by atoms with Gasteiger partial charge in [0, 0.05) is 24.9 Å². The Balaban J connectivity index is 4.60. The van der Waals surface area contributed by atoms with Gasteiger partial charge in [-0.25, -0.2) is 8.42 Å². The van der Waals surface area contributed by atoms with Crippen LogP contribution < -0.4 is 5.73 Å². The third-order valence-electron chi connectivity index (χ3n) is 3.19. The molecule has 98 valence electrons. The van der Waals surface area contributed by atoms with E-state index in [9.17, 15) is 8.42 Å². The van der Waals surface area contributed by atoms with Gasteiger partial charge in [0.1, 0.15) is 9.84 Å². The summed E-state index contributed by atoms with van der Waals surface area (Å²) in [5.74, 6) is 0.211. The van der Waals surface area contributed by atoms with Crippen molar-refractivity contribution in [2.24, 2.45) is 5.73 Å². The van der Waals surface area contributed by atoms with Gasteiger partial charge in [-0.2, -0.15) is 0 Å². The molecule has 0 aliphatic carbocycles. The van der Waals surface area contributed by atoms with Crippen LogP contribution in [0.4, 0.5) is 0 Å². The van der Waals surface area contributed by atoms with Gasteiger partial charge in [-0.1, -0.05) is 13.8 Å². The zero-order chi connectivity index (χ0) is 12.8. The average Bonchev–Trinajstić information content (AvgIpc) is 2.21. The minimum Gasteiger partial charge on any atom is -0.329 e. The molecule has 0 saturated carbocycles. The second-order valence-electron chi connectivity index (χ2n) is 4.67. The summed E-state index contributed by atoms with van der Waals surface area (Å²) in [4.78, 5) is 2.20. The molecule has 1 unspecified atom stereocenters. The highest BCUT2D eigenvalue weighted by atomic mass is 32.2. The second kappa shape index (κ2) is 6.57. The van der Waals surface area contributed by atoms with Crippen molar-refractivity contribution in [3.05, 3.63) is 0 Å². The van der Waals surface area contributed by atoms with Crippen LogP contribution in [0.2, 0.25) is 0 Å². The Bertz CT molecular complexity index is 284. The van der Waals surface area contributed by atoms with E-state index in [0.717, 1.165) is 19.4 Å². The highest BCUT2D eigenvalue weighted by molar-refractivity contribution is 7.90. The average molecular weight is 250 g/mol. The molecule has 0 saturated heterocycles. The minimum absolute atomic E-state index is 0.0826. The first kappa shape index (κ1) is 15.9. The fourth-order valence-electron chi connectivity index (χ4n) is 1.69. The first-order chi connectivity index (χ1) is 7.29. The fraction of sp³-hybridized carbons (Fsp3) is 1.00. The van der Waals surface area contributed by atoms with E-state index in [0.29, 0.717) is 13.1 Å². The topological polar surface area (TPSA) is 63.4 Å². The van der Waals surface area contributed by atoms with Crippen molar-refractivity contribution in [2.45, 2.75) is 39.2 Å². The Morgan fingerprint density at radius 2 is 1.81 bits per heavy atom. The maximum atomic E-state index is 11.2. The van der Waals surface area contributed by atoms with E-state index in [1.807, 2.05) is 0 Å². The van der Waals surface area contributed by atoms with Crippen LogP contribution in [-0.4, -0.2) is 50.5 Å². The number of hydrogen-bond donors (Lipinski definition) is 1. The van der Waals surface area contributed by atoms with Gasteiger partial charge in [0.05, 0.1) is 5.75 Å². The lowest BCUT2D eigenvalue weighted by molar-refractivity contribution is 0.114. The highest BCUT2D eigenvalue weighted by Crippen LogP contribution is 2.18. The van der Waals surface area contributed by atoms with Gasteiger partial charge in [0.25, 0.3) is 0 Å². The number of nitrogens with zero attached hydrogens (tertiary/aromatic N) is 1. The molecule has 0 spiro atoms. The Morgan fingerprint density at radius 3 is 2.12 bits per heavy atom. The maximum Gasteiger partial charge on any atom is 0.148 e. The molecule has 0 heterocycles. The van der Waals surface area contributed by atoms with Gasteiger partial charge in [-0.3, -0.25) is 4.90 Å². The van der Waals surface area contributed by atoms with E-state index in [4.69, 9.17) is 5.73 Å². The van der Waals surface area contributed by atoms with E-state index in [-0.39, 0.29) is 11.3 Å². The van der Waals surface area contributed by atoms with E-state index in [2.05, 4.69) is 25.7 Å². The summed E-state index contributed by atoms with van der Waals surface area (Å²) in [6.07, 6.45) is 3.23. The zero-order valence-electron chi connectivity index (χ0n) is 11.0. The molecule has 1 atom stereocenters. The molecule has 0 aromatic heterocycles. The van der Waals surface area contributed by atoms with Crippen molar-refractivity contribution >= 4 is 9.84 Å². The van der Waals surface area contributed by atoms with Crippen LogP contribution in [0.5, 0.6) is 0 Å². The van der Waals surface area contributed by atoms with Crippen molar-refractivity contribution in [1.29, 1.82) is 0 Å². The first-order valence-electron chi connectivity index (χ1n) is 5.92. The largest absolute Gasteiger partial charge is 0.329 e. The molecular weight excluding hydrogens is 224 g/mol. The van der Waals surface area contributed by atoms with Gasteiger partial charge in [0.15, 0.2) is 0 Å². The van der Waals surface area contributed by atoms with Crippen molar-refractivity contribution in [1.82, 2.24) is 4.90 Å². The van der Waals surface area contributed by atoms with Gasteiger partial charge >= 0.3 is 0 Å². The van der Waals surface area contributed by atoms with Crippen molar-refractivity contribution in [3.8, 4) is 0 Å². The minimum atomic E-state index is -2.90. The molecule has 16 heavy (non-hydrogen) atoms. The highest BCUT2D eigenvalue weighted by Gasteiger charge is 2.28. The molecule has 0 aromatic rings. The second-order valence-corrected chi connectivity index (χ2v) is 6.93. The zero-order valence-corrected chi connectivity index (χ0v) is 11.8. The Labute approximate surface area is 100 Å². The summed E-state index contributed by atoms with van der Waals surface area (Å²) in [6, 6.07) is 0. The Hall–Kier alpha value is -0.130. The molecule has 0 bridgehead atoms. The third kappa shape index (κ3) is 5.27. The predicted octanol–water partition coefficient (Wildman–Crippen LogP) is 0.870. The van der Waals surface area contributed by atoms with Crippen molar-refractivity contribution in [2.75, 3.05) is 31.6 Å². The normalized spacial score (nSPS) is 16.4. The molecule has 0 aromatic carbocycles. The van der Waals surface area contributed by atoms with Gasteiger partial charge < -0.3 is 5.73 Å². The molecule has 0 rings (SSSR count). The van der Waals surface area contributed by atoms with Crippen molar-refractivity contribution in [3.63, 3.8) is 0 Å². The van der Waals surface area contributed by atoms with Crippen LogP contribution in [0.1, 0.15) is 33.6 Å². The van der Waals surface area contributed by atoms with E-state index < -0.39 is 9.84 Å². The SMILES string of the molecule is CCCN(CCS(C)(=O)=O)C(C)(CC)CN. The molecule has 2 N–H and O–H groups in total. The molecule has 5 heteroatoms. The number of rotatable bonds is 8. The van der Waals surface area contributed by atoms with Crippen LogP contribution in [0.25, 0.3) is 0 Å². The number of sulfone groups is 1. The van der Waals surface area contributed by atoms with E-state index in [1.165, 1.54) is 6.26 Å². The van der Waals surface area contributed by atoms with Gasteiger partial charge in [-0.05, 0) is 26.3 Å². The monoisotopic (exact) mass is 250 g/mol. The molecule has 0 fully saturated rings. The smallest absolute Gasteiger partial charge is 0.148 e. The number of hydrogen-bond acceptors (Lipinski definition) is 4. The van der Waals surface area contributed by atoms with Crippen LogP contribution in [-0.2, 0) is 9.84 Å². The summed E-state index contributed by atoms with van der Waals surface area (Å²) in [5.41, 5.74) is 5.71. The molecule has 4 nitrogen and oxygen atoms in total. The van der Waals surface area contributed by atoms with E-state index in [1.54, 1.807) is 0 Å². The lowest BCUT2D eigenvalue weighted by Gasteiger charge is -2.40. The fourth-order valence-corrected chi connectivity index (χ4v) is 2.25. The lowest BCUT2D eigenvalue weighted by Crippen LogP contribution is -2.52. The molecule has 0 aliphatic heterocycles. The summed E-state index contributed by atoms with van der Waals surface area (Å²) in [7, 11) is -2.90. The standard InChI is InChI=1S/C11H26N2O2S/c1-5-7-13(8-9-16(4,14)15)11(3,6-2)10-12/h5-10,12H2,1-4H3. The predicted molar refractivity (Wildman–Crippen MR) is 69.3 cm³/mol. The van der Waals surface area contributed by atoms with Gasteiger partial charge in [0.2, 0.25) is 0 Å². The summed E-state index contributed by atoms with van der Waals surface area (Å²) < 4.78 is 22.4. The quantitative estimate of drug-likeness (QED) is 0.694. The molecule has 0 aliphatic rings. The summed E-state index contributed by atoms with van der Waals surface area (Å²) >= 11 is 0. The van der Waals surface area contributed by atoms with Crippen LogP contribution in [0, 0.1) is 0 Å². The van der Waals surface area contributed by atoms with E-state index >= 15 is 0 Å². The van der Waals surface area contributed by atoms with Gasteiger partial charge in [-0.15, -0.1) is 0 Å². The van der Waals surface area contributed by atoms with Crippen molar-refractivity contribution < 1.29 is 8.42 Å². The molecule has 0 amide bonds. The molecular formula is C11H26N2O2S. The first-order valence-corrected chi connectivity index (χ1v) is 7.98. The van der Waals surface area contributed by atoms with Crippen LogP contribution >= 0.6 is 0 Å². The van der Waals surface area contributed by atoms with Crippen LogP contribution in [0.3, 0.4) is 0 Å². The maximum absolute atomic E-state index is 11.2. The Morgan fingerprint density at radius 1 is 1.25 bits per heavy atom. The number of nitrogens with two attached hydrogens (primary N) is 1.